The molecule has 1 aromatic rings. The fraction of sp³-hybridized carbons (Fsp3) is 0.571. The van der Waals surface area contributed by atoms with E-state index in [1.807, 2.05) is 6.07 Å². The zero-order valence-electron chi connectivity index (χ0n) is 18.3. The van der Waals surface area contributed by atoms with Gasteiger partial charge in [-0.3, -0.25) is 14.4 Å². The van der Waals surface area contributed by atoms with Gasteiger partial charge >= 0.3 is 0 Å². The van der Waals surface area contributed by atoms with E-state index in [2.05, 4.69) is 10.6 Å². The van der Waals surface area contributed by atoms with Crippen molar-refractivity contribution in [2.24, 2.45) is 11.5 Å². The molecule has 184 valence electrons. The van der Waals surface area contributed by atoms with E-state index >= 15 is 0 Å². The molecule has 1 fully saturated rings. The number of hydrogen-bond donors (Lipinski definition) is 7. The van der Waals surface area contributed by atoms with Gasteiger partial charge in [-0.2, -0.15) is 0 Å². The molecule has 1 aliphatic heterocycles. The average Bonchev–Trinajstić information content (AvgIpc) is 2.81. The normalized spacial score (nSPS) is 26.8. The number of nitrogens with one attached hydrogen (secondary N) is 2. The van der Waals surface area contributed by atoms with Gasteiger partial charge in [-0.1, -0.05) is 37.3 Å². The van der Waals surface area contributed by atoms with E-state index in [1.165, 1.54) is 0 Å². The molecule has 0 spiro atoms. The minimum atomic E-state index is -1.49. The van der Waals surface area contributed by atoms with Crippen molar-refractivity contribution in [3.63, 3.8) is 0 Å². The molecular weight excluding hydrogens is 436 g/mol. The van der Waals surface area contributed by atoms with Gasteiger partial charge in [0.25, 0.3) is 0 Å². The second-order valence-electron chi connectivity index (χ2n) is 7.75. The number of benzene rings is 1. The van der Waals surface area contributed by atoms with E-state index in [0.717, 1.165) is 5.56 Å². The molecule has 9 N–H and O–H groups in total. The van der Waals surface area contributed by atoms with E-state index in [0.29, 0.717) is 0 Å². The Kier molecular flexibility index (Phi) is 10.2. The van der Waals surface area contributed by atoms with Crippen molar-refractivity contribution in [1.82, 2.24) is 10.6 Å². The molecule has 1 saturated heterocycles. The Labute approximate surface area is 191 Å². The number of hydrogen-bond acceptors (Lipinski definition) is 9. The van der Waals surface area contributed by atoms with Crippen LogP contribution in [-0.2, 0) is 30.3 Å². The summed E-state index contributed by atoms with van der Waals surface area (Å²) in [6.45, 7) is 0.574. The Morgan fingerprint density at radius 3 is 2.42 bits per heavy atom. The van der Waals surface area contributed by atoms with Crippen molar-refractivity contribution < 1.29 is 39.2 Å². The second kappa shape index (κ2) is 12.6. The van der Waals surface area contributed by atoms with Crippen LogP contribution in [0.25, 0.3) is 0 Å². The molecule has 1 aromatic carbocycles. The summed E-state index contributed by atoms with van der Waals surface area (Å²) in [5.74, 6) is -1.88. The number of aliphatic hydroxyl groups is 3. The Balaban J connectivity index is 2.00. The van der Waals surface area contributed by atoms with Crippen molar-refractivity contribution in [2.45, 2.75) is 62.5 Å². The Morgan fingerprint density at radius 2 is 1.85 bits per heavy atom. The fourth-order valence-electron chi connectivity index (χ4n) is 3.29. The zero-order valence-corrected chi connectivity index (χ0v) is 18.3. The SMILES string of the molecule is CCC(=O)N[C@H]1C(OC[C@H](N)C(=O)N[C@@H](Cc2ccccc2)C(N)=O)OC(CO)[C@H](O)[C@@H]1O. The third kappa shape index (κ3) is 7.45. The largest absolute Gasteiger partial charge is 0.394 e. The molecule has 2 unspecified atom stereocenters. The van der Waals surface area contributed by atoms with Gasteiger partial charge in [0, 0.05) is 12.8 Å². The predicted molar refractivity (Wildman–Crippen MR) is 115 cm³/mol. The van der Waals surface area contributed by atoms with E-state index in [1.54, 1.807) is 31.2 Å². The Morgan fingerprint density at radius 1 is 1.18 bits per heavy atom. The van der Waals surface area contributed by atoms with E-state index in [4.69, 9.17) is 20.9 Å². The molecule has 0 bridgehead atoms. The highest BCUT2D eigenvalue weighted by Crippen LogP contribution is 2.22. The van der Waals surface area contributed by atoms with Gasteiger partial charge < -0.3 is 46.9 Å². The van der Waals surface area contributed by atoms with Crippen molar-refractivity contribution in [3.8, 4) is 0 Å². The van der Waals surface area contributed by atoms with Gasteiger partial charge in [-0.25, -0.2) is 0 Å². The highest BCUT2D eigenvalue weighted by atomic mass is 16.7. The molecule has 12 nitrogen and oxygen atoms in total. The van der Waals surface area contributed by atoms with Crippen LogP contribution in [0.3, 0.4) is 0 Å². The quantitative estimate of drug-likeness (QED) is 0.175. The molecule has 0 radical (unpaired) electrons. The molecule has 0 aliphatic carbocycles. The lowest BCUT2D eigenvalue weighted by atomic mass is 9.97. The van der Waals surface area contributed by atoms with Crippen LogP contribution in [0.4, 0.5) is 0 Å². The molecular formula is C21H32N4O8. The second-order valence-corrected chi connectivity index (χ2v) is 7.75. The van der Waals surface area contributed by atoms with Crippen molar-refractivity contribution in [2.75, 3.05) is 13.2 Å². The van der Waals surface area contributed by atoms with Crippen LogP contribution < -0.4 is 22.1 Å². The molecule has 33 heavy (non-hydrogen) atoms. The van der Waals surface area contributed by atoms with E-state index in [-0.39, 0.29) is 12.8 Å². The average molecular weight is 469 g/mol. The first-order valence-corrected chi connectivity index (χ1v) is 10.6. The number of ether oxygens (including phenoxy) is 2. The molecule has 12 heteroatoms. The van der Waals surface area contributed by atoms with Crippen LogP contribution in [0.15, 0.2) is 30.3 Å². The van der Waals surface area contributed by atoms with Crippen LogP contribution in [0.5, 0.6) is 0 Å². The number of amides is 3. The summed E-state index contributed by atoms with van der Waals surface area (Å²) < 4.78 is 11.0. The summed E-state index contributed by atoms with van der Waals surface area (Å²) in [4.78, 5) is 36.1. The lowest BCUT2D eigenvalue weighted by Crippen LogP contribution is -2.65. The number of nitrogens with two attached hydrogens (primary N) is 2. The molecule has 2 rings (SSSR count). The standard InChI is InChI=1S/C21H32N4O8/c1-2-15(27)25-16-18(29)17(28)14(9-26)33-21(16)32-10-12(22)20(31)24-13(19(23)30)8-11-6-4-3-5-7-11/h3-7,12-14,16-18,21,26,28-29H,2,8-10,22H2,1H3,(H2,23,30)(H,24,31)(H,25,27)/t12-,13-,14?,16+,17-,18+,21?/m0/s1. The number of carbonyl (C=O) groups is 3. The highest BCUT2D eigenvalue weighted by Gasteiger charge is 2.45. The summed E-state index contributed by atoms with van der Waals surface area (Å²) in [5.41, 5.74) is 12.1. The Bertz CT molecular complexity index is 796. The molecule has 1 aliphatic rings. The fourth-order valence-corrected chi connectivity index (χ4v) is 3.29. The van der Waals surface area contributed by atoms with Crippen molar-refractivity contribution in [3.05, 3.63) is 35.9 Å². The molecule has 7 atom stereocenters. The van der Waals surface area contributed by atoms with Gasteiger partial charge in [0.15, 0.2) is 6.29 Å². The lowest BCUT2D eigenvalue weighted by Gasteiger charge is -2.42. The van der Waals surface area contributed by atoms with Crippen LogP contribution in [0.2, 0.25) is 0 Å². The predicted octanol–water partition coefficient (Wildman–Crippen LogP) is -3.12. The Hall–Kier alpha value is -2.61. The first-order valence-electron chi connectivity index (χ1n) is 10.6. The highest BCUT2D eigenvalue weighted by molar-refractivity contribution is 5.89. The molecule has 3 amide bonds. The third-order valence-electron chi connectivity index (χ3n) is 5.25. The molecule has 0 saturated carbocycles. The van der Waals surface area contributed by atoms with Crippen LogP contribution in [0, 0.1) is 0 Å². The van der Waals surface area contributed by atoms with Crippen LogP contribution >= 0.6 is 0 Å². The van der Waals surface area contributed by atoms with Gasteiger partial charge in [0.2, 0.25) is 17.7 Å². The van der Waals surface area contributed by atoms with Gasteiger partial charge in [0.1, 0.15) is 36.4 Å². The summed E-state index contributed by atoms with van der Waals surface area (Å²) in [6.07, 6.45) is -5.15. The van der Waals surface area contributed by atoms with E-state index < -0.39 is 73.7 Å². The van der Waals surface area contributed by atoms with Crippen molar-refractivity contribution >= 4 is 17.7 Å². The maximum absolute atomic E-state index is 12.5. The monoisotopic (exact) mass is 468 g/mol. The van der Waals surface area contributed by atoms with Gasteiger partial charge in [-0.05, 0) is 5.56 Å². The van der Waals surface area contributed by atoms with Crippen LogP contribution in [0.1, 0.15) is 18.9 Å². The van der Waals surface area contributed by atoms with Gasteiger partial charge in [-0.15, -0.1) is 0 Å². The summed E-state index contributed by atoms with van der Waals surface area (Å²) in [5, 5.41) is 34.8. The van der Waals surface area contributed by atoms with Crippen LogP contribution in [-0.4, -0.2) is 89.0 Å². The summed E-state index contributed by atoms with van der Waals surface area (Å²) in [6, 6.07) is 5.56. The van der Waals surface area contributed by atoms with Crippen molar-refractivity contribution in [1.29, 1.82) is 0 Å². The third-order valence-corrected chi connectivity index (χ3v) is 5.25. The maximum Gasteiger partial charge on any atom is 0.240 e. The van der Waals surface area contributed by atoms with Gasteiger partial charge in [0.05, 0.1) is 13.2 Å². The smallest absolute Gasteiger partial charge is 0.240 e. The zero-order chi connectivity index (χ0) is 24.5. The lowest BCUT2D eigenvalue weighted by molar-refractivity contribution is -0.270. The first-order chi connectivity index (χ1) is 15.7. The number of aliphatic hydroxyl groups excluding tert-OH is 3. The number of primary amides is 1. The minimum absolute atomic E-state index is 0.104. The summed E-state index contributed by atoms with van der Waals surface area (Å²) in [7, 11) is 0. The molecule has 1 heterocycles. The minimum Gasteiger partial charge on any atom is -0.394 e. The topological polar surface area (TPSA) is 206 Å². The maximum atomic E-state index is 12.5. The number of carbonyl (C=O) groups excluding carboxylic acids is 3. The van der Waals surface area contributed by atoms with E-state index in [9.17, 15) is 29.7 Å². The summed E-state index contributed by atoms with van der Waals surface area (Å²) >= 11 is 0. The molecule has 0 aromatic heterocycles. The number of rotatable bonds is 11. The first kappa shape index (κ1) is 26.6.